The van der Waals surface area contributed by atoms with Crippen LogP contribution in [0.5, 0.6) is 0 Å². The number of nitrogens with zero attached hydrogens (tertiary/aromatic N) is 1. The number of benzene rings is 1. The van der Waals surface area contributed by atoms with Crippen LogP contribution in [0, 0.1) is 0 Å². The summed E-state index contributed by atoms with van der Waals surface area (Å²) in [7, 11) is -3.38. The molecular formula is C13H10BrClN2O3S. The zero-order chi connectivity index (χ0) is 15.6. The van der Waals surface area contributed by atoms with E-state index in [1.165, 1.54) is 24.4 Å². The molecule has 0 spiro atoms. The Labute approximate surface area is 135 Å². The van der Waals surface area contributed by atoms with Gasteiger partial charge in [0.1, 0.15) is 4.60 Å². The molecule has 5 nitrogen and oxygen atoms in total. The van der Waals surface area contributed by atoms with Crippen LogP contribution in [0.2, 0.25) is 5.02 Å². The van der Waals surface area contributed by atoms with Gasteiger partial charge in [0.2, 0.25) is 0 Å². The summed E-state index contributed by atoms with van der Waals surface area (Å²) in [5, 5.41) is 2.82. The first-order valence-corrected chi connectivity index (χ1v) is 8.76. The van der Waals surface area contributed by atoms with Gasteiger partial charge in [-0.15, -0.1) is 0 Å². The van der Waals surface area contributed by atoms with Crippen LogP contribution in [0.3, 0.4) is 0 Å². The van der Waals surface area contributed by atoms with Crippen molar-refractivity contribution < 1.29 is 13.2 Å². The Morgan fingerprint density at radius 1 is 1.29 bits per heavy atom. The van der Waals surface area contributed by atoms with E-state index < -0.39 is 15.7 Å². The maximum atomic E-state index is 12.1. The lowest BCUT2D eigenvalue weighted by molar-refractivity contribution is 0.102. The van der Waals surface area contributed by atoms with E-state index in [2.05, 4.69) is 26.2 Å². The topological polar surface area (TPSA) is 76.1 Å². The highest BCUT2D eigenvalue weighted by molar-refractivity contribution is 9.10. The maximum absolute atomic E-state index is 12.1. The smallest absolute Gasteiger partial charge is 0.257 e. The van der Waals surface area contributed by atoms with E-state index in [1.54, 1.807) is 12.1 Å². The lowest BCUT2D eigenvalue weighted by atomic mass is 10.2. The molecule has 2 rings (SSSR count). The number of anilines is 1. The van der Waals surface area contributed by atoms with Crippen LogP contribution in [0.4, 0.5) is 5.69 Å². The van der Waals surface area contributed by atoms with Gasteiger partial charge in [-0.1, -0.05) is 11.6 Å². The molecule has 0 saturated heterocycles. The third-order valence-electron chi connectivity index (χ3n) is 2.60. The van der Waals surface area contributed by atoms with Crippen LogP contribution in [0.1, 0.15) is 10.4 Å². The van der Waals surface area contributed by atoms with Crippen LogP contribution in [0.25, 0.3) is 0 Å². The van der Waals surface area contributed by atoms with Crippen molar-refractivity contribution in [1.82, 2.24) is 4.98 Å². The van der Waals surface area contributed by atoms with Gasteiger partial charge < -0.3 is 5.32 Å². The number of rotatable bonds is 3. The summed E-state index contributed by atoms with van der Waals surface area (Å²) >= 11 is 9.14. The summed E-state index contributed by atoms with van der Waals surface area (Å²) in [5.41, 5.74) is 0.562. The molecule has 2 aromatic rings. The van der Waals surface area contributed by atoms with E-state index in [-0.39, 0.29) is 15.6 Å². The average Bonchev–Trinajstić information content (AvgIpc) is 2.40. The molecule has 0 fully saturated rings. The number of sulfone groups is 1. The fraction of sp³-hybridized carbons (Fsp3) is 0.0769. The van der Waals surface area contributed by atoms with Crippen molar-refractivity contribution >= 4 is 49.0 Å². The summed E-state index contributed by atoms with van der Waals surface area (Å²) in [6.07, 6.45) is 2.48. The van der Waals surface area contributed by atoms with Crippen molar-refractivity contribution in [3.8, 4) is 0 Å². The van der Waals surface area contributed by atoms with Crippen molar-refractivity contribution in [2.45, 2.75) is 4.90 Å². The SMILES string of the molecule is CS(=O)(=O)c1ccc(Cl)c(NC(=O)c2ccc(Br)nc2)c1. The molecule has 1 aromatic heterocycles. The van der Waals surface area contributed by atoms with Crippen molar-refractivity contribution in [3.63, 3.8) is 0 Å². The second-order valence-corrected chi connectivity index (χ2v) is 7.47. The van der Waals surface area contributed by atoms with Crippen molar-refractivity contribution in [1.29, 1.82) is 0 Å². The van der Waals surface area contributed by atoms with Gasteiger partial charge in [0.25, 0.3) is 5.91 Å². The highest BCUT2D eigenvalue weighted by Gasteiger charge is 2.13. The lowest BCUT2D eigenvalue weighted by Gasteiger charge is -2.09. The second-order valence-electron chi connectivity index (χ2n) is 4.24. The third-order valence-corrected chi connectivity index (χ3v) is 4.51. The standard InChI is InChI=1S/C13H10BrClN2O3S/c1-21(19,20)9-3-4-10(15)11(6-9)17-13(18)8-2-5-12(14)16-7-8/h2-7H,1H3,(H,17,18). The fourth-order valence-corrected chi connectivity index (χ4v) is 2.58. The van der Waals surface area contributed by atoms with Crippen LogP contribution in [-0.2, 0) is 9.84 Å². The summed E-state index contributed by atoms with van der Waals surface area (Å²) in [5.74, 6) is -0.428. The maximum Gasteiger partial charge on any atom is 0.257 e. The molecule has 0 bridgehead atoms. The first kappa shape index (κ1) is 15.9. The normalized spacial score (nSPS) is 11.2. The van der Waals surface area contributed by atoms with Crippen LogP contribution < -0.4 is 5.32 Å². The Hall–Kier alpha value is -1.44. The Bertz CT molecular complexity index is 792. The number of carbonyl (C=O) groups excluding carboxylic acids is 1. The predicted molar refractivity (Wildman–Crippen MR) is 84.5 cm³/mol. The van der Waals surface area contributed by atoms with Gasteiger partial charge in [0.15, 0.2) is 9.84 Å². The molecule has 110 valence electrons. The zero-order valence-corrected chi connectivity index (χ0v) is 14.0. The van der Waals surface area contributed by atoms with Crippen molar-refractivity contribution in [2.24, 2.45) is 0 Å². The summed E-state index contributed by atoms with van der Waals surface area (Å²) in [6.45, 7) is 0. The monoisotopic (exact) mass is 388 g/mol. The number of halogens is 2. The highest BCUT2D eigenvalue weighted by atomic mass is 79.9. The van der Waals surface area contributed by atoms with E-state index in [1.807, 2.05) is 0 Å². The number of carbonyl (C=O) groups is 1. The molecule has 0 aliphatic rings. The van der Waals surface area contributed by atoms with E-state index in [0.29, 0.717) is 10.2 Å². The van der Waals surface area contributed by atoms with Gasteiger partial charge >= 0.3 is 0 Å². The van der Waals surface area contributed by atoms with Crippen LogP contribution >= 0.6 is 27.5 Å². The Morgan fingerprint density at radius 2 is 2.00 bits per heavy atom. The predicted octanol–water partition coefficient (Wildman–Crippen LogP) is 3.15. The Morgan fingerprint density at radius 3 is 2.57 bits per heavy atom. The molecule has 0 atom stereocenters. The van der Waals surface area contributed by atoms with Gasteiger partial charge in [0, 0.05) is 12.5 Å². The highest BCUT2D eigenvalue weighted by Crippen LogP contribution is 2.25. The number of hydrogen-bond donors (Lipinski definition) is 1. The first-order chi connectivity index (χ1) is 9.77. The molecule has 0 unspecified atom stereocenters. The second kappa shape index (κ2) is 6.13. The minimum atomic E-state index is -3.38. The molecule has 0 aliphatic carbocycles. The number of hydrogen-bond acceptors (Lipinski definition) is 4. The fourth-order valence-electron chi connectivity index (χ4n) is 1.54. The quantitative estimate of drug-likeness (QED) is 0.818. The molecule has 21 heavy (non-hydrogen) atoms. The molecule has 0 saturated carbocycles. The molecule has 0 radical (unpaired) electrons. The van der Waals surface area contributed by atoms with Gasteiger partial charge in [0.05, 0.1) is 21.2 Å². The molecular weight excluding hydrogens is 380 g/mol. The van der Waals surface area contributed by atoms with Crippen molar-refractivity contribution in [2.75, 3.05) is 11.6 Å². The molecule has 8 heteroatoms. The first-order valence-electron chi connectivity index (χ1n) is 5.70. The van der Waals surface area contributed by atoms with Gasteiger partial charge in [-0.2, -0.15) is 0 Å². The number of nitrogens with one attached hydrogen (secondary N) is 1. The zero-order valence-electron chi connectivity index (χ0n) is 10.8. The van der Waals surface area contributed by atoms with Crippen LogP contribution in [0.15, 0.2) is 46.0 Å². The lowest BCUT2D eigenvalue weighted by Crippen LogP contribution is -2.13. The van der Waals surface area contributed by atoms with Gasteiger partial charge in [-0.05, 0) is 46.3 Å². The summed E-state index contributed by atoms with van der Waals surface area (Å²) < 4.78 is 23.6. The Balaban J connectivity index is 2.31. The molecule has 1 N–H and O–H groups in total. The van der Waals surface area contributed by atoms with E-state index in [4.69, 9.17) is 11.6 Å². The average molecular weight is 390 g/mol. The largest absolute Gasteiger partial charge is 0.321 e. The van der Waals surface area contributed by atoms with Gasteiger partial charge in [-0.25, -0.2) is 13.4 Å². The van der Waals surface area contributed by atoms with Crippen molar-refractivity contribution in [3.05, 3.63) is 51.7 Å². The molecule has 1 heterocycles. The number of amides is 1. The van der Waals surface area contributed by atoms with E-state index in [9.17, 15) is 13.2 Å². The summed E-state index contributed by atoms with van der Waals surface area (Å²) in [4.78, 5) is 16.1. The van der Waals surface area contributed by atoms with E-state index in [0.717, 1.165) is 6.26 Å². The number of pyridine rings is 1. The van der Waals surface area contributed by atoms with Gasteiger partial charge in [-0.3, -0.25) is 4.79 Å². The minimum absolute atomic E-state index is 0.0798. The molecule has 1 amide bonds. The molecule has 1 aromatic carbocycles. The summed E-state index contributed by atoms with van der Waals surface area (Å²) in [6, 6.07) is 7.34. The van der Waals surface area contributed by atoms with Crippen LogP contribution in [-0.4, -0.2) is 25.6 Å². The minimum Gasteiger partial charge on any atom is -0.321 e. The third kappa shape index (κ3) is 4.03. The Kier molecular flexibility index (Phi) is 4.65. The number of aromatic nitrogens is 1. The van der Waals surface area contributed by atoms with E-state index >= 15 is 0 Å². The molecule has 0 aliphatic heterocycles.